The van der Waals surface area contributed by atoms with Gasteiger partial charge in [0.15, 0.2) is 17.3 Å². The summed E-state index contributed by atoms with van der Waals surface area (Å²) >= 11 is 0. The minimum atomic E-state index is -3.01. The summed E-state index contributed by atoms with van der Waals surface area (Å²) in [6, 6.07) is 0. The summed E-state index contributed by atoms with van der Waals surface area (Å²) in [7, 11) is 1.14. The summed E-state index contributed by atoms with van der Waals surface area (Å²) < 4.78 is 26.1. The Kier molecular flexibility index (Phi) is 3.60. The highest BCUT2D eigenvalue weighted by Gasteiger charge is 2.66. The number of aliphatic hydroxyl groups excluding tert-OH is 2. The van der Waals surface area contributed by atoms with E-state index in [2.05, 4.69) is 15.3 Å². The van der Waals surface area contributed by atoms with E-state index in [0.29, 0.717) is 4.57 Å². The van der Waals surface area contributed by atoms with Gasteiger partial charge in [0.05, 0.1) is 6.61 Å². The van der Waals surface area contributed by atoms with E-state index in [9.17, 15) is 20.4 Å². The van der Waals surface area contributed by atoms with Crippen LogP contribution in [0.4, 0.5) is 10.2 Å². The summed E-state index contributed by atoms with van der Waals surface area (Å²) in [6.07, 6.45) is -2.18. The molecule has 1 aromatic heterocycles. The smallest absolute Gasteiger partial charge is 0.328 e. The fourth-order valence-corrected chi connectivity index (χ4v) is 2.80. The number of anilines is 1. The molecule has 2 aliphatic heterocycles. The average molecular weight is 347 g/mol. The standard InChI is InChI=1S/C12H18FN5O6/c1-10(21)7(20)5(3-19)24-12(10,13)18-4-15-6-8(18)16-9(14)17-11(6,22)23-2/h4-5,7,19-22H,3H2,1-2H3,(H3,14,16,17)/t5-,7-,10-,11?,12+/m1/s1. The molecular weight excluding hydrogens is 329 g/mol. The Morgan fingerprint density at radius 2 is 2.21 bits per heavy atom. The predicted octanol–water partition coefficient (Wildman–Crippen LogP) is -2.54. The van der Waals surface area contributed by atoms with E-state index >= 15 is 4.39 Å². The number of halogens is 1. The summed E-state index contributed by atoms with van der Waals surface area (Å²) in [5, 5.41) is 42.4. The summed E-state index contributed by atoms with van der Waals surface area (Å²) in [4.78, 5) is 7.48. The Balaban J connectivity index is 2.14. The van der Waals surface area contributed by atoms with Crippen molar-refractivity contribution < 1.29 is 34.3 Å². The molecule has 1 fully saturated rings. The van der Waals surface area contributed by atoms with Crippen LogP contribution in [0.2, 0.25) is 0 Å². The van der Waals surface area contributed by atoms with Crippen LogP contribution in [-0.2, 0) is 21.4 Å². The van der Waals surface area contributed by atoms with Gasteiger partial charge in [-0.05, 0) is 6.92 Å². The van der Waals surface area contributed by atoms with Gasteiger partial charge in [-0.15, -0.1) is 0 Å². The van der Waals surface area contributed by atoms with Crippen molar-refractivity contribution in [1.29, 1.82) is 0 Å². The zero-order valence-electron chi connectivity index (χ0n) is 12.8. The Labute approximate surface area is 135 Å². The Morgan fingerprint density at radius 1 is 1.54 bits per heavy atom. The first-order chi connectivity index (χ1) is 11.1. The first-order valence-corrected chi connectivity index (χ1v) is 6.97. The lowest BCUT2D eigenvalue weighted by molar-refractivity contribution is -0.271. The number of nitrogens with zero attached hydrogens (tertiary/aromatic N) is 3. The van der Waals surface area contributed by atoms with Gasteiger partial charge in [0.25, 0.3) is 0 Å². The second-order valence-electron chi connectivity index (χ2n) is 5.74. The number of rotatable bonds is 3. The second-order valence-corrected chi connectivity index (χ2v) is 5.74. The van der Waals surface area contributed by atoms with Gasteiger partial charge < -0.3 is 41.0 Å². The average Bonchev–Trinajstić information content (AvgIpc) is 3.02. The summed E-state index contributed by atoms with van der Waals surface area (Å²) in [6.45, 7) is 0.279. The first-order valence-electron chi connectivity index (χ1n) is 6.97. The van der Waals surface area contributed by atoms with E-state index in [1.54, 1.807) is 0 Å². The molecule has 7 N–H and O–H groups in total. The minimum absolute atomic E-state index is 0.194. The zero-order valence-corrected chi connectivity index (χ0v) is 12.8. The number of ether oxygens (including phenoxy) is 2. The normalized spacial score (nSPS) is 41.7. The van der Waals surface area contributed by atoms with Gasteiger partial charge in [0.1, 0.15) is 24.4 Å². The molecule has 0 saturated carbocycles. The van der Waals surface area contributed by atoms with Gasteiger partial charge in [-0.1, -0.05) is 0 Å². The molecule has 0 bridgehead atoms. The molecule has 0 amide bonds. The number of nitrogens with two attached hydrogens (primary N) is 1. The third-order valence-electron chi connectivity index (χ3n) is 4.23. The van der Waals surface area contributed by atoms with E-state index in [0.717, 1.165) is 20.4 Å². The Hall–Kier alpha value is -1.83. The molecule has 134 valence electrons. The van der Waals surface area contributed by atoms with Crippen molar-refractivity contribution in [2.75, 3.05) is 19.0 Å². The van der Waals surface area contributed by atoms with Crippen molar-refractivity contribution in [3.8, 4) is 0 Å². The van der Waals surface area contributed by atoms with E-state index < -0.39 is 36.3 Å². The quantitative estimate of drug-likeness (QED) is 0.323. The fraction of sp³-hybridized carbons (Fsp3) is 0.667. The van der Waals surface area contributed by atoms with Crippen molar-refractivity contribution in [3.63, 3.8) is 0 Å². The molecular formula is C12H18FN5O6. The third-order valence-corrected chi connectivity index (χ3v) is 4.23. The van der Waals surface area contributed by atoms with Crippen LogP contribution in [0, 0.1) is 0 Å². The fourth-order valence-electron chi connectivity index (χ4n) is 2.80. The van der Waals surface area contributed by atoms with Crippen molar-refractivity contribution in [2.24, 2.45) is 10.7 Å². The molecule has 5 atom stereocenters. The highest BCUT2D eigenvalue weighted by molar-refractivity contribution is 5.94. The van der Waals surface area contributed by atoms with Gasteiger partial charge in [-0.3, -0.25) is 4.57 Å². The molecule has 12 heteroatoms. The number of imidazole rings is 1. The van der Waals surface area contributed by atoms with Gasteiger partial charge >= 0.3 is 11.9 Å². The van der Waals surface area contributed by atoms with Crippen LogP contribution < -0.4 is 11.1 Å². The third kappa shape index (κ3) is 1.98. The number of aliphatic hydroxyl groups is 4. The molecule has 11 nitrogen and oxygen atoms in total. The van der Waals surface area contributed by atoms with Gasteiger partial charge in [0, 0.05) is 7.11 Å². The number of alkyl halides is 1. The number of aromatic nitrogens is 2. The number of hydrogen-bond acceptors (Lipinski definition) is 10. The van der Waals surface area contributed by atoms with Gasteiger partial charge in [-0.2, -0.15) is 9.38 Å². The summed E-state index contributed by atoms with van der Waals surface area (Å²) in [5.41, 5.74) is 2.90. The van der Waals surface area contributed by atoms with Crippen LogP contribution in [0.1, 0.15) is 12.6 Å². The lowest BCUT2D eigenvalue weighted by Gasteiger charge is -2.35. The topological polar surface area (TPSA) is 168 Å². The van der Waals surface area contributed by atoms with E-state index in [1.165, 1.54) is 0 Å². The molecule has 3 heterocycles. The van der Waals surface area contributed by atoms with Crippen LogP contribution in [-0.4, -0.2) is 67.5 Å². The molecule has 3 rings (SSSR count). The van der Waals surface area contributed by atoms with Gasteiger partial charge in [0.2, 0.25) is 0 Å². The van der Waals surface area contributed by atoms with Crippen LogP contribution in [0.5, 0.6) is 0 Å². The minimum Gasteiger partial charge on any atom is -0.394 e. The monoisotopic (exact) mass is 347 g/mol. The van der Waals surface area contributed by atoms with E-state index in [4.69, 9.17) is 15.2 Å². The molecule has 0 spiro atoms. The van der Waals surface area contributed by atoms with E-state index in [-0.39, 0.29) is 17.5 Å². The molecule has 2 aliphatic rings. The molecule has 24 heavy (non-hydrogen) atoms. The van der Waals surface area contributed by atoms with Crippen molar-refractivity contribution >= 4 is 11.8 Å². The SMILES string of the molecule is COC1(O)N=C(N)Nc2c1ncn2[C@]1(F)O[C@H](CO)[C@@H](O)[C@@]1(C)O. The molecule has 0 aliphatic carbocycles. The maximum atomic E-state index is 15.6. The lowest BCUT2D eigenvalue weighted by Crippen LogP contribution is -2.53. The van der Waals surface area contributed by atoms with Crippen LogP contribution in [0.15, 0.2) is 11.3 Å². The van der Waals surface area contributed by atoms with E-state index in [1.807, 2.05) is 0 Å². The van der Waals surface area contributed by atoms with Crippen molar-refractivity contribution in [2.45, 2.75) is 36.6 Å². The van der Waals surface area contributed by atoms with Crippen LogP contribution >= 0.6 is 0 Å². The molecule has 0 radical (unpaired) electrons. The Morgan fingerprint density at radius 3 is 2.75 bits per heavy atom. The van der Waals surface area contributed by atoms with Crippen molar-refractivity contribution in [3.05, 3.63) is 12.0 Å². The number of nitrogens with one attached hydrogen (secondary N) is 1. The number of methoxy groups -OCH3 is 1. The maximum Gasteiger partial charge on any atom is 0.328 e. The zero-order chi connectivity index (χ0) is 17.9. The van der Waals surface area contributed by atoms with Crippen LogP contribution in [0.3, 0.4) is 0 Å². The molecule has 0 aromatic carbocycles. The Bertz CT molecular complexity index is 695. The summed E-state index contributed by atoms with van der Waals surface area (Å²) in [5.74, 6) is -5.76. The molecule has 1 saturated heterocycles. The first kappa shape index (κ1) is 17.0. The second kappa shape index (κ2) is 5.08. The highest BCUT2D eigenvalue weighted by atomic mass is 19.2. The number of fused-ring (bicyclic) bond motifs is 1. The molecule has 1 aromatic rings. The maximum absolute atomic E-state index is 15.6. The van der Waals surface area contributed by atoms with Crippen molar-refractivity contribution in [1.82, 2.24) is 9.55 Å². The number of hydrogen-bond donors (Lipinski definition) is 6. The van der Waals surface area contributed by atoms with Crippen LogP contribution in [0.25, 0.3) is 0 Å². The van der Waals surface area contributed by atoms with Gasteiger partial charge in [-0.25, -0.2) is 4.98 Å². The number of guanidine groups is 1. The highest BCUT2D eigenvalue weighted by Crippen LogP contribution is 2.47. The predicted molar refractivity (Wildman–Crippen MR) is 76.0 cm³/mol. The largest absolute Gasteiger partial charge is 0.394 e. The molecule has 1 unspecified atom stereocenters. The number of aliphatic imine (C=N–C) groups is 1. The lowest BCUT2D eigenvalue weighted by atomic mass is 9.95.